The van der Waals surface area contributed by atoms with E-state index in [0.29, 0.717) is 30.3 Å². The van der Waals surface area contributed by atoms with Crippen molar-refractivity contribution in [2.45, 2.75) is 94.5 Å². The zero-order chi connectivity index (χ0) is 23.5. The lowest BCUT2D eigenvalue weighted by Gasteiger charge is -2.42. The lowest BCUT2D eigenvalue weighted by atomic mass is 9.87. The van der Waals surface area contributed by atoms with E-state index in [9.17, 15) is 0 Å². The lowest BCUT2D eigenvalue weighted by Crippen LogP contribution is -2.43. The standard InChI is InChI=1S/C33H40N2/c1-6-16-26(17-7-1)31-32(27-18-8-2-9-19-27)35(30-24-14-5-15-25-30)33(28-20-10-3-11-21-28)34(31)29-22-12-4-13-23-29/h1-3,6-11,16-21,29-33H,4-5,12-15,22-25H2/t31-,32-/m1/s1. The van der Waals surface area contributed by atoms with E-state index in [2.05, 4.69) is 101 Å². The molecule has 2 aliphatic carbocycles. The van der Waals surface area contributed by atoms with Crippen molar-refractivity contribution in [2.24, 2.45) is 0 Å². The Kier molecular flexibility index (Phi) is 7.02. The summed E-state index contributed by atoms with van der Waals surface area (Å²) >= 11 is 0. The van der Waals surface area contributed by atoms with Crippen molar-refractivity contribution in [3.05, 3.63) is 108 Å². The minimum atomic E-state index is 0.331. The molecule has 3 aromatic carbocycles. The molecule has 0 aromatic heterocycles. The highest BCUT2D eigenvalue weighted by Crippen LogP contribution is 2.56. The van der Waals surface area contributed by atoms with Gasteiger partial charge in [0.1, 0.15) is 0 Å². The topological polar surface area (TPSA) is 6.48 Å². The SMILES string of the molecule is c1ccc(C2N(C3CCCCC3)[C@H](c3ccccc3)[C@@H](c3ccccc3)N2C2CCCCC2)cc1. The van der Waals surface area contributed by atoms with Crippen LogP contribution >= 0.6 is 0 Å². The number of benzene rings is 3. The van der Waals surface area contributed by atoms with Crippen LogP contribution < -0.4 is 0 Å². The van der Waals surface area contributed by atoms with Crippen LogP contribution in [0.15, 0.2) is 91.0 Å². The first-order valence-electron chi connectivity index (χ1n) is 14.1. The van der Waals surface area contributed by atoms with Gasteiger partial charge in [0.2, 0.25) is 0 Å². The molecule has 35 heavy (non-hydrogen) atoms. The highest BCUT2D eigenvalue weighted by Gasteiger charge is 2.53. The monoisotopic (exact) mass is 464 g/mol. The Balaban J connectivity index is 1.56. The summed E-state index contributed by atoms with van der Waals surface area (Å²) in [6.45, 7) is 0. The third-order valence-corrected chi connectivity index (χ3v) is 8.88. The molecule has 0 N–H and O–H groups in total. The van der Waals surface area contributed by atoms with Crippen LogP contribution in [0, 0.1) is 0 Å². The van der Waals surface area contributed by atoms with Gasteiger partial charge < -0.3 is 0 Å². The molecule has 0 bridgehead atoms. The summed E-state index contributed by atoms with van der Waals surface area (Å²) in [5, 5.41) is 0. The molecule has 0 radical (unpaired) electrons. The highest BCUT2D eigenvalue weighted by atomic mass is 15.5. The van der Waals surface area contributed by atoms with Crippen LogP contribution in [0.5, 0.6) is 0 Å². The summed E-state index contributed by atoms with van der Waals surface area (Å²) in [6.07, 6.45) is 13.9. The van der Waals surface area contributed by atoms with Crippen molar-refractivity contribution in [2.75, 3.05) is 0 Å². The summed E-state index contributed by atoms with van der Waals surface area (Å²) in [5.74, 6) is 0. The van der Waals surface area contributed by atoms with Crippen molar-refractivity contribution in [3.8, 4) is 0 Å². The Hall–Kier alpha value is -2.42. The molecular formula is C33H40N2. The van der Waals surface area contributed by atoms with Gasteiger partial charge in [-0.3, -0.25) is 9.80 Å². The highest BCUT2D eigenvalue weighted by molar-refractivity contribution is 5.34. The molecule has 6 rings (SSSR count). The largest absolute Gasteiger partial charge is 0.272 e. The van der Waals surface area contributed by atoms with Gasteiger partial charge in [0.15, 0.2) is 0 Å². The molecule has 1 aliphatic heterocycles. The second-order valence-corrected chi connectivity index (χ2v) is 11.0. The summed E-state index contributed by atoms with van der Waals surface area (Å²) in [4.78, 5) is 5.96. The van der Waals surface area contributed by atoms with E-state index in [1.807, 2.05) is 0 Å². The third-order valence-electron chi connectivity index (χ3n) is 8.88. The molecule has 3 fully saturated rings. The molecular weight excluding hydrogens is 424 g/mol. The van der Waals surface area contributed by atoms with E-state index in [4.69, 9.17) is 0 Å². The Labute approximate surface area is 212 Å². The molecule has 1 heterocycles. The van der Waals surface area contributed by atoms with Crippen LogP contribution in [0.1, 0.15) is 99.1 Å². The summed E-state index contributed by atoms with van der Waals surface area (Å²) in [5.41, 5.74) is 4.43. The van der Waals surface area contributed by atoms with E-state index in [1.165, 1.54) is 80.9 Å². The Morgan fingerprint density at radius 2 is 0.743 bits per heavy atom. The zero-order valence-electron chi connectivity index (χ0n) is 21.0. The maximum Gasteiger partial charge on any atom is 0.0902 e. The molecule has 182 valence electrons. The van der Waals surface area contributed by atoms with Crippen LogP contribution in [-0.2, 0) is 0 Å². The maximum absolute atomic E-state index is 2.98. The van der Waals surface area contributed by atoms with Gasteiger partial charge in [-0.15, -0.1) is 0 Å². The van der Waals surface area contributed by atoms with E-state index in [0.717, 1.165) is 0 Å². The van der Waals surface area contributed by atoms with Crippen LogP contribution in [-0.4, -0.2) is 21.9 Å². The first-order chi connectivity index (χ1) is 17.4. The molecule has 3 aliphatic rings. The van der Waals surface area contributed by atoms with Gasteiger partial charge in [0, 0.05) is 12.1 Å². The van der Waals surface area contributed by atoms with Gasteiger partial charge in [-0.1, -0.05) is 130 Å². The van der Waals surface area contributed by atoms with Gasteiger partial charge in [-0.05, 0) is 42.4 Å². The van der Waals surface area contributed by atoms with E-state index >= 15 is 0 Å². The minimum Gasteiger partial charge on any atom is -0.272 e. The van der Waals surface area contributed by atoms with E-state index < -0.39 is 0 Å². The number of hydrogen-bond donors (Lipinski definition) is 0. The Bertz CT molecular complexity index is 971. The zero-order valence-corrected chi connectivity index (χ0v) is 21.0. The maximum atomic E-state index is 2.98. The second-order valence-electron chi connectivity index (χ2n) is 11.0. The van der Waals surface area contributed by atoms with Gasteiger partial charge in [0.25, 0.3) is 0 Å². The number of rotatable bonds is 5. The van der Waals surface area contributed by atoms with Gasteiger partial charge in [-0.2, -0.15) is 0 Å². The number of hydrogen-bond acceptors (Lipinski definition) is 2. The molecule has 0 unspecified atom stereocenters. The first-order valence-corrected chi connectivity index (χ1v) is 14.1. The average Bonchev–Trinajstić information content (AvgIpc) is 3.32. The van der Waals surface area contributed by atoms with Gasteiger partial charge in [0.05, 0.1) is 18.2 Å². The minimum absolute atomic E-state index is 0.331. The number of nitrogens with zero attached hydrogens (tertiary/aromatic N) is 2. The normalized spacial score (nSPS) is 25.7. The van der Waals surface area contributed by atoms with Crippen molar-refractivity contribution >= 4 is 0 Å². The van der Waals surface area contributed by atoms with Crippen LogP contribution in [0.3, 0.4) is 0 Å². The molecule has 1 saturated heterocycles. The predicted molar refractivity (Wildman–Crippen MR) is 145 cm³/mol. The second kappa shape index (κ2) is 10.7. The quantitative estimate of drug-likeness (QED) is 0.374. The van der Waals surface area contributed by atoms with Crippen LogP contribution in [0.2, 0.25) is 0 Å². The fourth-order valence-corrected chi connectivity index (χ4v) is 7.38. The summed E-state index contributed by atoms with van der Waals surface area (Å²) < 4.78 is 0. The van der Waals surface area contributed by atoms with Crippen molar-refractivity contribution in [3.63, 3.8) is 0 Å². The first kappa shape index (κ1) is 23.0. The van der Waals surface area contributed by atoms with Crippen molar-refractivity contribution in [1.82, 2.24) is 9.80 Å². The van der Waals surface area contributed by atoms with Crippen molar-refractivity contribution < 1.29 is 0 Å². The molecule has 3 aromatic rings. The molecule has 2 saturated carbocycles. The van der Waals surface area contributed by atoms with Crippen molar-refractivity contribution in [1.29, 1.82) is 0 Å². The molecule has 0 amide bonds. The van der Waals surface area contributed by atoms with E-state index in [-0.39, 0.29) is 0 Å². The third kappa shape index (κ3) is 4.59. The van der Waals surface area contributed by atoms with Crippen LogP contribution in [0.25, 0.3) is 0 Å². The Morgan fingerprint density at radius 1 is 0.400 bits per heavy atom. The van der Waals surface area contributed by atoms with E-state index in [1.54, 1.807) is 0 Å². The molecule has 2 heteroatoms. The van der Waals surface area contributed by atoms with Gasteiger partial charge in [-0.25, -0.2) is 0 Å². The van der Waals surface area contributed by atoms with Gasteiger partial charge >= 0.3 is 0 Å². The average molecular weight is 465 g/mol. The fourth-order valence-electron chi connectivity index (χ4n) is 7.38. The molecule has 2 nitrogen and oxygen atoms in total. The fraction of sp³-hybridized carbons (Fsp3) is 0.455. The summed E-state index contributed by atoms with van der Waals surface area (Å²) in [6, 6.07) is 36.4. The van der Waals surface area contributed by atoms with Crippen LogP contribution in [0.4, 0.5) is 0 Å². The molecule has 0 spiro atoms. The smallest absolute Gasteiger partial charge is 0.0902 e. The lowest BCUT2D eigenvalue weighted by molar-refractivity contribution is 0.0255. The predicted octanol–water partition coefficient (Wildman–Crippen LogP) is 8.45. The Morgan fingerprint density at radius 3 is 1.11 bits per heavy atom. The molecule has 2 atom stereocenters. The summed E-state index contributed by atoms with van der Waals surface area (Å²) in [7, 11) is 0.